The fourth-order valence-corrected chi connectivity index (χ4v) is 2.86. The molecule has 22 heavy (non-hydrogen) atoms. The SMILES string of the molecule is C=CCCCCCCCCCCCCCCCCOCCC. The van der Waals surface area contributed by atoms with Gasteiger partial charge in [0.25, 0.3) is 0 Å². The highest BCUT2D eigenvalue weighted by atomic mass is 16.5. The normalized spacial score (nSPS) is 11.0. The Morgan fingerprint density at radius 2 is 1.00 bits per heavy atom. The summed E-state index contributed by atoms with van der Waals surface area (Å²) in [5.74, 6) is 0. The molecule has 0 aliphatic heterocycles. The minimum atomic E-state index is 0.939. The van der Waals surface area contributed by atoms with E-state index in [1.807, 2.05) is 6.08 Å². The maximum atomic E-state index is 5.50. The molecule has 0 aromatic carbocycles. The van der Waals surface area contributed by atoms with Crippen LogP contribution < -0.4 is 0 Å². The first-order valence-electron chi connectivity index (χ1n) is 10.1. The van der Waals surface area contributed by atoms with E-state index in [1.54, 1.807) is 0 Å². The van der Waals surface area contributed by atoms with Crippen LogP contribution in [0.25, 0.3) is 0 Å². The fraction of sp³-hybridized carbons (Fsp3) is 0.905. The zero-order chi connectivity index (χ0) is 16.1. The predicted molar refractivity (Wildman–Crippen MR) is 101 cm³/mol. The standard InChI is InChI=1S/C21H42O/c1-3-5-6-7-8-9-10-11-12-13-14-15-16-17-18-19-21-22-20-4-2/h3H,1,4-21H2,2H3. The molecule has 0 rings (SSSR count). The van der Waals surface area contributed by atoms with Gasteiger partial charge in [0.1, 0.15) is 0 Å². The van der Waals surface area contributed by atoms with Crippen LogP contribution in [0.1, 0.15) is 110 Å². The molecular weight excluding hydrogens is 268 g/mol. The van der Waals surface area contributed by atoms with E-state index in [-0.39, 0.29) is 0 Å². The Kier molecular flexibility index (Phi) is 20.4. The lowest BCUT2D eigenvalue weighted by atomic mass is 10.0. The van der Waals surface area contributed by atoms with Crippen molar-refractivity contribution >= 4 is 0 Å². The van der Waals surface area contributed by atoms with Crippen LogP contribution in [-0.4, -0.2) is 13.2 Å². The average molecular weight is 311 g/mol. The fourth-order valence-electron chi connectivity index (χ4n) is 2.86. The van der Waals surface area contributed by atoms with Gasteiger partial charge in [-0.15, -0.1) is 6.58 Å². The second-order valence-corrected chi connectivity index (χ2v) is 6.64. The van der Waals surface area contributed by atoms with Gasteiger partial charge in [-0.3, -0.25) is 0 Å². The van der Waals surface area contributed by atoms with E-state index < -0.39 is 0 Å². The van der Waals surface area contributed by atoms with Crippen LogP contribution in [0.2, 0.25) is 0 Å². The Balaban J connectivity index is 2.92. The topological polar surface area (TPSA) is 9.23 Å². The van der Waals surface area contributed by atoms with Crippen LogP contribution in [-0.2, 0) is 4.74 Å². The summed E-state index contributed by atoms with van der Waals surface area (Å²) in [7, 11) is 0. The summed E-state index contributed by atoms with van der Waals surface area (Å²) in [6.45, 7) is 7.85. The molecule has 1 heteroatoms. The van der Waals surface area contributed by atoms with E-state index in [2.05, 4.69) is 13.5 Å². The number of hydrogen-bond acceptors (Lipinski definition) is 1. The molecule has 0 unspecified atom stereocenters. The van der Waals surface area contributed by atoms with Crippen molar-refractivity contribution in [3.8, 4) is 0 Å². The van der Waals surface area contributed by atoms with Crippen LogP contribution in [0.15, 0.2) is 12.7 Å². The van der Waals surface area contributed by atoms with Crippen LogP contribution >= 0.6 is 0 Å². The molecule has 0 saturated carbocycles. The van der Waals surface area contributed by atoms with Crippen molar-refractivity contribution in [2.24, 2.45) is 0 Å². The van der Waals surface area contributed by atoms with Crippen LogP contribution in [0.5, 0.6) is 0 Å². The highest BCUT2D eigenvalue weighted by Gasteiger charge is 1.94. The molecule has 0 amide bonds. The van der Waals surface area contributed by atoms with Crippen LogP contribution in [0, 0.1) is 0 Å². The Morgan fingerprint density at radius 1 is 0.591 bits per heavy atom. The third kappa shape index (κ3) is 19.7. The first-order chi connectivity index (χ1) is 10.9. The number of unbranched alkanes of at least 4 members (excludes halogenated alkanes) is 14. The average Bonchev–Trinajstić information content (AvgIpc) is 2.54. The van der Waals surface area contributed by atoms with Crippen molar-refractivity contribution in [2.75, 3.05) is 13.2 Å². The van der Waals surface area contributed by atoms with Crippen LogP contribution in [0.4, 0.5) is 0 Å². The van der Waals surface area contributed by atoms with E-state index in [0.717, 1.165) is 19.6 Å². The molecule has 0 bridgehead atoms. The summed E-state index contributed by atoms with van der Waals surface area (Å²) in [5, 5.41) is 0. The van der Waals surface area contributed by atoms with Crippen molar-refractivity contribution in [1.29, 1.82) is 0 Å². The second-order valence-electron chi connectivity index (χ2n) is 6.64. The van der Waals surface area contributed by atoms with Gasteiger partial charge in [0.05, 0.1) is 0 Å². The number of ether oxygens (including phenoxy) is 1. The van der Waals surface area contributed by atoms with Gasteiger partial charge in [0.15, 0.2) is 0 Å². The molecule has 0 aliphatic carbocycles. The molecule has 0 radical (unpaired) electrons. The summed E-state index contributed by atoms with van der Waals surface area (Å²) in [6.07, 6.45) is 24.1. The Hall–Kier alpha value is -0.300. The molecule has 0 saturated heterocycles. The Bertz CT molecular complexity index is 200. The molecule has 0 aromatic heterocycles. The van der Waals surface area contributed by atoms with E-state index in [1.165, 1.54) is 96.3 Å². The maximum absolute atomic E-state index is 5.50. The first-order valence-corrected chi connectivity index (χ1v) is 10.1. The van der Waals surface area contributed by atoms with Crippen molar-refractivity contribution in [2.45, 2.75) is 110 Å². The van der Waals surface area contributed by atoms with E-state index in [4.69, 9.17) is 4.74 Å². The highest BCUT2D eigenvalue weighted by Crippen LogP contribution is 2.13. The van der Waals surface area contributed by atoms with Gasteiger partial charge in [-0.25, -0.2) is 0 Å². The molecule has 0 heterocycles. The zero-order valence-corrected chi connectivity index (χ0v) is 15.4. The highest BCUT2D eigenvalue weighted by molar-refractivity contribution is 4.65. The molecule has 0 atom stereocenters. The van der Waals surface area contributed by atoms with Crippen LogP contribution in [0.3, 0.4) is 0 Å². The van der Waals surface area contributed by atoms with Gasteiger partial charge >= 0.3 is 0 Å². The summed E-state index contributed by atoms with van der Waals surface area (Å²) in [6, 6.07) is 0. The summed E-state index contributed by atoms with van der Waals surface area (Å²) in [5.41, 5.74) is 0. The summed E-state index contributed by atoms with van der Waals surface area (Å²) in [4.78, 5) is 0. The second kappa shape index (κ2) is 20.7. The maximum Gasteiger partial charge on any atom is 0.0466 e. The predicted octanol–water partition coefficient (Wildman–Crippen LogP) is 7.45. The molecule has 1 nitrogen and oxygen atoms in total. The first kappa shape index (κ1) is 21.7. The minimum Gasteiger partial charge on any atom is -0.381 e. The van der Waals surface area contributed by atoms with Crippen molar-refractivity contribution < 1.29 is 4.74 Å². The van der Waals surface area contributed by atoms with Gasteiger partial charge in [0.2, 0.25) is 0 Å². The summed E-state index contributed by atoms with van der Waals surface area (Å²) >= 11 is 0. The number of rotatable bonds is 19. The van der Waals surface area contributed by atoms with E-state index in [0.29, 0.717) is 0 Å². The molecule has 0 N–H and O–H groups in total. The monoisotopic (exact) mass is 310 g/mol. The molecule has 0 aliphatic rings. The zero-order valence-electron chi connectivity index (χ0n) is 15.4. The van der Waals surface area contributed by atoms with Gasteiger partial charge in [-0.05, 0) is 25.7 Å². The molecule has 132 valence electrons. The Labute approximate surface area is 140 Å². The third-order valence-corrected chi connectivity index (χ3v) is 4.30. The third-order valence-electron chi connectivity index (χ3n) is 4.30. The van der Waals surface area contributed by atoms with E-state index in [9.17, 15) is 0 Å². The van der Waals surface area contributed by atoms with Crippen molar-refractivity contribution in [3.63, 3.8) is 0 Å². The van der Waals surface area contributed by atoms with Gasteiger partial charge in [-0.2, -0.15) is 0 Å². The van der Waals surface area contributed by atoms with Gasteiger partial charge < -0.3 is 4.74 Å². The quantitative estimate of drug-likeness (QED) is 0.178. The van der Waals surface area contributed by atoms with E-state index >= 15 is 0 Å². The van der Waals surface area contributed by atoms with Crippen molar-refractivity contribution in [1.82, 2.24) is 0 Å². The minimum absolute atomic E-state index is 0.939. The largest absolute Gasteiger partial charge is 0.381 e. The number of allylic oxidation sites excluding steroid dienone is 1. The summed E-state index contributed by atoms with van der Waals surface area (Å²) < 4.78 is 5.50. The molecular formula is C21H42O. The molecule has 0 aromatic rings. The lowest BCUT2D eigenvalue weighted by Gasteiger charge is -2.04. The lowest BCUT2D eigenvalue weighted by molar-refractivity contribution is 0.130. The number of hydrogen-bond donors (Lipinski definition) is 0. The van der Waals surface area contributed by atoms with Crippen molar-refractivity contribution in [3.05, 3.63) is 12.7 Å². The molecule has 0 spiro atoms. The lowest BCUT2D eigenvalue weighted by Crippen LogP contribution is -1.95. The van der Waals surface area contributed by atoms with Gasteiger partial charge in [0, 0.05) is 13.2 Å². The Morgan fingerprint density at radius 3 is 1.41 bits per heavy atom. The molecule has 0 fully saturated rings. The van der Waals surface area contributed by atoms with Gasteiger partial charge in [-0.1, -0.05) is 90.0 Å². The smallest absolute Gasteiger partial charge is 0.0466 e.